The number of hydrogen-bond acceptors (Lipinski definition) is 4. The van der Waals surface area contributed by atoms with Crippen LogP contribution < -0.4 is 0 Å². The van der Waals surface area contributed by atoms with Crippen LogP contribution in [0.25, 0.3) is 10.4 Å². The summed E-state index contributed by atoms with van der Waals surface area (Å²) in [7, 11) is 0. The average molecular weight is 304 g/mol. The van der Waals surface area contributed by atoms with Crippen molar-refractivity contribution in [2.75, 3.05) is 6.54 Å². The minimum Gasteiger partial charge on any atom is -0.478 e. The first-order valence-electron chi connectivity index (χ1n) is 5.47. The van der Waals surface area contributed by atoms with E-state index in [1.165, 1.54) is 0 Å². The molecule has 3 N–H and O–H groups in total. The standard InChI is InChI=1S/C11H11ClFN3O4/c12-7-3-6(8(13)4-5(7)11(19)20)10(18)9(17)1-2-15-16-14/h3-4,9-10,17-18H,1-2H2,(H,19,20). The number of azide groups is 1. The van der Waals surface area contributed by atoms with Gasteiger partial charge in [0.15, 0.2) is 0 Å². The second kappa shape index (κ2) is 7.06. The van der Waals surface area contributed by atoms with Crippen LogP contribution in [-0.2, 0) is 0 Å². The van der Waals surface area contributed by atoms with E-state index in [4.69, 9.17) is 22.2 Å². The number of nitrogens with zero attached hydrogens (tertiary/aromatic N) is 3. The molecule has 2 unspecified atom stereocenters. The summed E-state index contributed by atoms with van der Waals surface area (Å²) in [4.78, 5) is 13.2. The molecule has 7 nitrogen and oxygen atoms in total. The Labute approximate surface area is 117 Å². The van der Waals surface area contributed by atoms with Gasteiger partial charge >= 0.3 is 5.97 Å². The van der Waals surface area contributed by atoms with Gasteiger partial charge in [-0.2, -0.15) is 0 Å². The van der Waals surface area contributed by atoms with Gasteiger partial charge in [-0.25, -0.2) is 9.18 Å². The van der Waals surface area contributed by atoms with Crippen molar-refractivity contribution in [2.24, 2.45) is 5.11 Å². The Morgan fingerprint density at radius 1 is 1.50 bits per heavy atom. The van der Waals surface area contributed by atoms with E-state index in [1.807, 2.05) is 0 Å². The summed E-state index contributed by atoms with van der Waals surface area (Å²) in [5.41, 5.74) is 7.31. The van der Waals surface area contributed by atoms with Crippen molar-refractivity contribution >= 4 is 17.6 Å². The highest BCUT2D eigenvalue weighted by molar-refractivity contribution is 6.33. The van der Waals surface area contributed by atoms with Gasteiger partial charge in [0.25, 0.3) is 0 Å². The molecule has 0 fully saturated rings. The van der Waals surface area contributed by atoms with E-state index >= 15 is 0 Å². The van der Waals surface area contributed by atoms with Crippen molar-refractivity contribution < 1.29 is 24.5 Å². The zero-order chi connectivity index (χ0) is 15.3. The summed E-state index contributed by atoms with van der Waals surface area (Å²) < 4.78 is 13.7. The first-order valence-corrected chi connectivity index (χ1v) is 5.85. The Hall–Kier alpha value is -1.86. The van der Waals surface area contributed by atoms with Gasteiger partial charge in [0.05, 0.1) is 16.7 Å². The van der Waals surface area contributed by atoms with Crippen LogP contribution in [0, 0.1) is 5.82 Å². The van der Waals surface area contributed by atoms with Gasteiger partial charge in [0.2, 0.25) is 0 Å². The van der Waals surface area contributed by atoms with Gasteiger partial charge in [-0.15, -0.1) is 0 Å². The quantitative estimate of drug-likeness (QED) is 0.423. The van der Waals surface area contributed by atoms with Crippen LogP contribution in [-0.4, -0.2) is 33.9 Å². The Morgan fingerprint density at radius 3 is 2.70 bits per heavy atom. The molecular weight excluding hydrogens is 293 g/mol. The van der Waals surface area contributed by atoms with E-state index in [-0.39, 0.29) is 23.6 Å². The van der Waals surface area contributed by atoms with Crippen LogP contribution in [0.2, 0.25) is 5.02 Å². The highest BCUT2D eigenvalue weighted by Crippen LogP contribution is 2.28. The van der Waals surface area contributed by atoms with Crippen LogP contribution >= 0.6 is 11.6 Å². The molecule has 20 heavy (non-hydrogen) atoms. The van der Waals surface area contributed by atoms with E-state index in [9.17, 15) is 19.4 Å². The molecule has 0 aromatic heterocycles. The lowest BCUT2D eigenvalue weighted by molar-refractivity contribution is 0.0130. The number of carbonyl (C=O) groups is 1. The molecule has 0 aliphatic rings. The number of aromatic carboxylic acids is 1. The van der Waals surface area contributed by atoms with E-state index in [2.05, 4.69) is 10.0 Å². The number of benzene rings is 1. The number of rotatable bonds is 6. The minimum absolute atomic E-state index is 0.0721. The molecule has 0 bridgehead atoms. The van der Waals surface area contributed by atoms with Crippen molar-refractivity contribution in [2.45, 2.75) is 18.6 Å². The summed E-state index contributed by atoms with van der Waals surface area (Å²) in [5.74, 6) is -2.40. The summed E-state index contributed by atoms with van der Waals surface area (Å²) in [6, 6.07) is 1.62. The molecule has 0 radical (unpaired) electrons. The van der Waals surface area contributed by atoms with Crippen LogP contribution in [0.4, 0.5) is 4.39 Å². The largest absolute Gasteiger partial charge is 0.478 e. The molecule has 0 aliphatic heterocycles. The maximum absolute atomic E-state index is 13.7. The molecule has 1 rings (SSSR count). The number of carboxylic acids is 1. The van der Waals surface area contributed by atoms with Crippen LogP contribution in [0.1, 0.15) is 28.4 Å². The Balaban J connectivity index is 2.98. The number of halogens is 2. The first kappa shape index (κ1) is 16.2. The molecule has 2 atom stereocenters. The van der Waals surface area contributed by atoms with Gasteiger partial charge in [-0.3, -0.25) is 0 Å². The molecule has 0 spiro atoms. The SMILES string of the molecule is [N-]=[N+]=NCCC(O)C(O)c1cc(Cl)c(C(=O)O)cc1F. The fraction of sp³-hybridized carbons (Fsp3) is 0.364. The maximum atomic E-state index is 13.7. The molecule has 9 heteroatoms. The molecule has 108 valence electrons. The van der Waals surface area contributed by atoms with Crippen molar-refractivity contribution in [3.05, 3.63) is 44.5 Å². The highest BCUT2D eigenvalue weighted by atomic mass is 35.5. The second-order valence-electron chi connectivity index (χ2n) is 3.91. The summed E-state index contributed by atoms with van der Waals surface area (Å²) in [6.07, 6.45) is -3.06. The molecule has 0 heterocycles. The van der Waals surface area contributed by atoms with Crippen LogP contribution in [0.15, 0.2) is 17.2 Å². The third-order valence-corrected chi connectivity index (χ3v) is 2.90. The Bertz CT molecular complexity index is 563. The fourth-order valence-electron chi connectivity index (χ4n) is 1.55. The van der Waals surface area contributed by atoms with Crippen LogP contribution in [0.5, 0.6) is 0 Å². The topological polar surface area (TPSA) is 127 Å². The normalized spacial score (nSPS) is 13.4. The van der Waals surface area contributed by atoms with Gasteiger partial charge in [0, 0.05) is 17.0 Å². The fourth-order valence-corrected chi connectivity index (χ4v) is 1.81. The number of hydrogen-bond donors (Lipinski definition) is 3. The van der Waals surface area contributed by atoms with E-state index in [0.29, 0.717) is 6.07 Å². The van der Waals surface area contributed by atoms with Gasteiger partial charge < -0.3 is 15.3 Å². The van der Waals surface area contributed by atoms with Gasteiger partial charge in [0.1, 0.15) is 11.9 Å². The molecule has 0 saturated carbocycles. The van der Waals surface area contributed by atoms with Crippen molar-refractivity contribution in [3.8, 4) is 0 Å². The third kappa shape index (κ3) is 3.82. The molecule has 1 aromatic rings. The molecular formula is C11H11ClFN3O4. The lowest BCUT2D eigenvalue weighted by Gasteiger charge is -2.18. The monoisotopic (exact) mass is 303 g/mol. The van der Waals surface area contributed by atoms with Crippen molar-refractivity contribution in [1.29, 1.82) is 0 Å². The van der Waals surface area contributed by atoms with Crippen molar-refractivity contribution in [3.63, 3.8) is 0 Å². The lowest BCUT2D eigenvalue weighted by Crippen LogP contribution is -2.20. The second-order valence-corrected chi connectivity index (χ2v) is 4.32. The van der Waals surface area contributed by atoms with Gasteiger partial charge in [-0.05, 0) is 24.1 Å². The Morgan fingerprint density at radius 2 is 2.15 bits per heavy atom. The zero-order valence-corrected chi connectivity index (χ0v) is 10.8. The lowest BCUT2D eigenvalue weighted by atomic mass is 10.00. The van der Waals surface area contributed by atoms with E-state index in [1.54, 1.807) is 0 Å². The maximum Gasteiger partial charge on any atom is 0.337 e. The highest BCUT2D eigenvalue weighted by Gasteiger charge is 2.23. The Kier molecular flexibility index (Phi) is 5.72. The molecule has 0 amide bonds. The average Bonchev–Trinajstić information content (AvgIpc) is 2.40. The first-order chi connectivity index (χ1) is 9.38. The zero-order valence-electron chi connectivity index (χ0n) is 10.1. The number of aliphatic hydroxyl groups is 2. The molecule has 0 aliphatic carbocycles. The number of carboxylic acid groups (broad SMARTS) is 1. The predicted octanol–water partition coefficient (Wildman–Crippen LogP) is 2.27. The van der Waals surface area contributed by atoms with Crippen molar-refractivity contribution in [1.82, 2.24) is 0 Å². The molecule has 0 saturated heterocycles. The van der Waals surface area contributed by atoms with Crippen LogP contribution in [0.3, 0.4) is 0 Å². The molecule has 1 aromatic carbocycles. The smallest absolute Gasteiger partial charge is 0.337 e. The van der Waals surface area contributed by atoms with E-state index < -0.39 is 29.6 Å². The van der Waals surface area contributed by atoms with Gasteiger partial charge in [-0.1, -0.05) is 16.7 Å². The minimum atomic E-state index is -1.61. The summed E-state index contributed by atoms with van der Waals surface area (Å²) >= 11 is 5.67. The predicted molar refractivity (Wildman–Crippen MR) is 68.0 cm³/mol. The summed E-state index contributed by atoms with van der Waals surface area (Å²) in [6.45, 7) is -0.0721. The summed E-state index contributed by atoms with van der Waals surface area (Å²) in [5, 5.41) is 31.1. The number of aliphatic hydroxyl groups excluding tert-OH is 2. The van der Waals surface area contributed by atoms with E-state index in [0.717, 1.165) is 6.07 Å². The third-order valence-electron chi connectivity index (χ3n) is 2.59.